The Labute approximate surface area is 134 Å². The van der Waals surface area contributed by atoms with Crippen molar-refractivity contribution in [3.63, 3.8) is 0 Å². The molecule has 1 fully saturated rings. The number of rotatable bonds is 6. The van der Waals surface area contributed by atoms with Gasteiger partial charge < -0.3 is 15.2 Å². The molecule has 6 heteroatoms. The highest BCUT2D eigenvalue weighted by molar-refractivity contribution is 5.80. The van der Waals surface area contributed by atoms with Crippen molar-refractivity contribution in [3.8, 4) is 0 Å². The first-order valence-corrected chi connectivity index (χ1v) is 8.34. The molecule has 6 nitrogen and oxygen atoms in total. The molecule has 0 aliphatic carbocycles. The molecule has 124 valence electrons. The van der Waals surface area contributed by atoms with Gasteiger partial charge in [-0.25, -0.2) is 4.98 Å². The van der Waals surface area contributed by atoms with Crippen LogP contribution in [0.5, 0.6) is 0 Å². The summed E-state index contributed by atoms with van der Waals surface area (Å²) in [5.41, 5.74) is 0. The predicted molar refractivity (Wildman–Crippen MR) is 91.0 cm³/mol. The first-order valence-electron chi connectivity index (χ1n) is 8.34. The van der Waals surface area contributed by atoms with Gasteiger partial charge in [0.2, 0.25) is 0 Å². The van der Waals surface area contributed by atoms with Crippen molar-refractivity contribution >= 4 is 5.96 Å². The van der Waals surface area contributed by atoms with Crippen LogP contribution >= 0.6 is 0 Å². The van der Waals surface area contributed by atoms with Crippen LogP contribution in [0.25, 0.3) is 0 Å². The average molecular weight is 306 g/mol. The maximum absolute atomic E-state index is 4.68. The quantitative estimate of drug-likeness (QED) is 0.612. The van der Waals surface area contributed by atoms with Crippen LogP contribution in [-0.4, -0.2) is 58.7 Å². The molecule has 2 atom stereocenters. The molecule has 1 saturated heterocycles. The highest BCUT2D eigenvalue weighted by Gasteiger charge is 2.31. The zero-order valence-corrected chi connectivity index (χ0v) is 14.3. The van der Waals surface area contributed by atoms with Gasteiger partial charge in [0.25, 0.3) is 0 Å². The molecule has 0 amide bonds. The van der Waals surface area contributed by atoms with E-state index in [0.29, 0.717) is 18.0 Å². The van der Waals surface area contributed by atoms with Gasteiger partial charge in [-0.3, -0.25) is 9.89 Å². The van der Waals surface area contributed by atoms with Crippen molar-refractivity contribution in [2.75, 3.05) is 26.2 Å². The van der Waals surface area contributed by atoms with E-state index in [2.05, 4.69) is 53.2 Å². The van der Waals surface area contributed by atoms with Gasteiger partial charge in [0.15, 0.2) is 5.96 Å². The van der Waals surface area contributed by atoms with E-state index < -0.39 is 0 Å². The number of hydrogen-bond acceptors (Lipinski definition) is 3. The summed E-state index contributed by atoms with van der Waals surface area (Å²) in [6.45, 7) is 13.7. The fraction of sp³-hybridized carbons (Fsp3) is 0.750. The van der Waals surface area contributed by atoms with E-state index in [9.17, 15) is 0 Å². The number of hydrogen-bond donors (Lipinski definition) is 2. The maximum atomic E-state index is 4.68. The molecule has 2 heterocycles. The summed E-state index contributed by atoms with van der Waals surface area (Å²) < 4.78 is 2.05. The van der Waals surface area contributed by atoms with E-state index in [1.54, 1.807) is 6.20 Å². The van der Waals surface area contributed by atoms with Crippen molar-refractivity contribution in [2.24, 2.45) is 10.9 Å². The van der Waals surface area contributed by atoms with E-state index in [1.165, 1.54) is 0 Å². The fourth-order valence-corrected chi connectivity index (χ4v) is 2.81. The van der Waals surface area contributed by atoms with Gasteiger partial charge in [-0.1, -0.05) is 6.92 Å². The van der Waals surface area contributed by atoms with E-state index in [4.69, 9.17) is 0 Å². The van der Waals surface area contributed by atoms with Gasteiger partial charge in [-0.05, 0) is 26.7 Å². The summed E-state index contributed by atoms with van der Waals surface area (Å²) in [7, 11) is 0. The number of aliphatic imine (C=N–C) groups is 1. The largest absolute Gasteiger partial charge is 0.357 e. The van der Waals surface area contributed by atoms with Crippen LogP contribution in [0.2, 0.25) is 0 Å². The zero-order chi connectivity index (χ0) is 15.9. The number of aromatic nitrogens is 2. The molecule has 1 aromatic heterocycles. The van der Waals surface area contributed by atoms with Gasteiger partial charge in [0.05, 0.1) is 12.9 Å². The van der Waals surface area contributed by atoms with Crippen LogP contribution in [0.15, 0.2) is 23.7 Å². The van der Waals surface area contributed by atoms with Gasteiger partial charge in [0, 0.05) is 50.7 Å². The van der Waals surface area contributed by atoms with Crippen molar-refractivity contribution < 1.29 is 0 Å². The van der Waals surface area contributed by atoms with Gasteiger partial charge >= 0.3 is 0 Å². The second-order valence-electron chi connectivity index (χ2n) is 6.34. The van der Waals surface area contributed by atoms with Crippen LogP contribution in [0.4, 0.5) is 0 Å². The first kappa shape index (κ1) is 16.8. The Balaban J connectivity index is 1.87. The number of likely N-dealkylation sites (tertiary alicyclic amines) is 1. The summed E-state index contributed by atoms with van der Waals surface area (Å²) in [5, 5.41) is 6.95. The van der Waals surface area contributed by atoms with Crippen LogP contribution < -0.4 is 10.6 Å². The predicted octanol–water partition coefficient (Wildman–Crippen LogP) is 1.17. The Bertz CT molecular complexity index is 453. The SMILES string of the molecule is CCNC(=NCCn1ccnc1)NC1CN(C(C)C)CC1C. The molecular formula is C16H30N6. The Morgan fingerprint density at radius 3 is 2.82 bits per heavy atom. The first-order chi connectivity index (χ1) is 10.6. The van der Waals surface area contributed by atoms with Crippen LogP contribution in [0.1, 0.15) is 27.7 Å². The Kier molecular flexibility index (Phi) is 6.24. The molecule has 0 radical (unpaired) electrons. The third-order valence-corrected chi connectivity index (χ3v) is 4.22. The van der Waals surface area contributed by atoms with Gasteiger partial charge in [-0.15, -0.1) is 0 Å². The van der Waals surface area contributed by atoms with Gasteiger partial charge in [0.1, 0.15) is 0 Å². The Morgan fingerprint density at radius 2 is 2.23 bits per heavy atom. The highest BCUT2D eigenvalue weighted by atomic mass is 15.3. The molecule has 2 rings (SSSR count). The summed E-state index contributed by atoms with van der Waals surface area (Å²) in [4.78, 5) is 11.3. The molecule has 1 aliphatic heterocycles. The van der Waals surface area contributed by atoms with Crippen LogP contribution in [-0.2, 0) is 6.54 Å². The Morgan fingerprint density at radius 1 is 1.41 bits per heavy atom. The Hall–Kier alpha value is -1.56. The highest BCUT2D eigenvalue weighted by Crippen LogP contribution is 2.18. The van der Waals surface area contributed by atoms with E-state index >= 15 is 0 Å². The maximum Gasteiger partial charge on any atom is 0.191 e. The van der Waals surface area contributed by atoms with Crippen LogP contribution in [0, 0.1) is 5.92 Å². The monoisotopic (exact) mass is 306 g/mol. The number of guanidine groups is 1. The summed E-state index contributed by atoms with van der Waals surface area (Å²) in [5.74, 6) is 1.56. The van der Waals surface area contributed by atoms with Crippen LogP contribution in [0.3, 0.4) is 0 Å². The molecule has 0 saturated carbocycles. The molecule has 0 spiro atoms. The van der Waals surface area contributed by atoms with Crippen molar-refractivity contribution in [3.05, 3.63) is 18.7 Å². The smallest absolute Gasteiger partial charge is 0.191 e. The van der Waals surface area contributed by atoms with E-state index in [1.807, 2.05) is 17.1 Å². The average Bonchev–Trinajstić information content (AvgIpc) is 3.10. The number of nitrogens with zero attached hydrogens (tertiary/aromatic N) is 4. The molecule has 22 heavy (non-hydrogen) atoms. The molecule has 1 aliphatic rings. The number of imidazole rings is 1. The standard InChI is InChI=1S/C16H30N6/c1-5-18-16(19-7-9-21-8-6-17-12-21)20-15-11-22(13(2)3)10-14(15)4/h6,8,12-15H,5,7,9-11H2,1-4H3,(H2,18,19,20). The fourth-order valence-electron chi connectivity index (χ4n) is 2.81. The topological polar surface area (TPSA) is 57.5 Å². The molecule has 2 N–H and O–H groups in total. The summed E-state index contributed by atoms with van der Waals surface area (Å²) >= 11 is 0. The van der Waals surface area contributed by atoms with Gasteiger partial charge in [-0.2, -0.15) is 0 Å². The molecule has 0 aromatic carbocycles. The number of nitrogens with one attached hydrogen (secondary N) is 2. The van der Waals surface area contributed by atoms with Crippen molar-refractivity contribution in [2.45, 2.75) is 46.3 Å². The minimum atomic E-state index is 0.466. The minimum Gasteiger partial charge on any atom is -0.357 e. The molecule has 0 bridgehead atoms. The lowest BCUT2D eigenvalue weighted by atomic mass is 10.1. The second-order valence-corrected chi connectivity index (χ2v) is 6.34. The van der Waals surface area contributed by atoms with Crippen molar-refractivity contribution in [1.29, 1.82) is 0 Å². The van der Waals surface area contributed by atoms with Crippen molar-refractivity contribution in [1.82, 2.24) is 25.1 Å². The van der Waals surface area contributed by atoms with E-state index in [0.717, 1.165) is 38.7 Å². The lowest BCUT2D eigenvalue weighted by Crippen LogP contribution is -2.47. The third kappa shape index (κ3) is 4.73. The third-order valence-electron chi connectivity index (χ3n) is 4.22. The second kappa shape index (κ2) is 8.17. The lowest BCUT2D eigenvalue weighted by Gasteiger charge is -2.22. The molecule has 1 aromatic rings. The lowest BCUT2D eigenvalue weighted by molar-refractivity contribution is 0.265. The molecular weight excluding hydrogens is 276 g/mol. The molecule has 2 unspecified atom stereocenters. The minimum absolute atomic E-state index is 0.466. The normalized spacial score (nSPS) is 23.2. The van der Waals surface area contributed by atoms with E-state index in [-0.39, 0.29) is 0 Å². The summed E-state index contributed by atoms with van der Waals surface area (Å²) in [6, 6.07) is 1.07. The zero-order valence-electron chi connectivity index (χ0n) is 14.3. The summed E-state index contributed by atoms with van der Waals surface area (Å²) in [6.07, 6.45) is 5.60.